The zero-order chi connectivity index (χ0) is 11.5. The van der Waals surface area contributed by atoms with Crippen molar-refractivity contribution in [3.05, 3.63) is 5.28 Å². The third-order valence-corrected chi connectivity index (χ3v) is 2.79. The highest BCUT2D eigenvalue weighted by molar-refractivity contribution is 6.28. The van der Waals surface area contributed by atoms with Crippen molar-refractivity contribution >= 4 is 17.5 Å². The van der Waals surface area contributed by atoms with Gasteiger partial charge in [-0.3, -0.25) is 0 Å². The number of ether oxygens (including phenoxy) is 1. The van der Waals surface area contributed by atoms with E-state index in [0.717, 1.165) is 5.92 Å². The lowest BCUT2D eigenvalue weighted by atomic mass is 10.3. The molecule has 1 saturated carbocycles. The fourth-order valence-corrected chi connectivity index (χ4v) is 1.78. The maximum absolute atomic E-state index is 5.78. The lowest BCUT2D eigenvalue weighted by Gasteiger charge is -2.06. The van der Waals surface area contributed by atoms with Gasteiger partial charge in [0.15, 0.2) is 0 Å². The molecule has 0 amide bonds. The first-order chi connectivity index (χ1) is 7.72. The molecule has 0 spiro atoms. The molecule has 1 heterocycles. The molecule has 6 heteroatoms. The summed E-state index contributed by atoms with van der Waals surface area (Å²) in [6.07, 6.45) is 2.35. The third-order valence-electron chi connectivity index (χ3n) is 2.62. The Kier molecular flexibility index (Phi) is 3.43. The SMILES string of the molecule is CCOc1nc(Cl)nc(NC2CC2CC)n1. The van der Waals surface area contributed by atoms with Crippen molar-refractivity contribution < 1.29 is 4.74 Å². The normalized spacial score (nSPS) is 22.9. The Morgan fingerprint density at radius 3 is 2.81 bits per heavy atom. The van der Waals surface area contributed by atoms with Gasteiger partial charge in [-0.05, 0) is 30.9 Å². The fraction of sp³-hybridized carbons (Fsp3) is 0.700. The van der Waals surface area contributed by atoms with Crippen LogP contribution >= 0.6 is 11.6 Å². The highest BCUT2D eigenvalue weighted by Crippen LogP contribution is 2.35. The third kappa shape index (κ3) is 2.72. The van der Waals surface area contributed by atoms with E-state index in [2.05, 4.69) is 27.2 Å². The van der Waals surface area contributed by atoms with Gasteiger partial charge in [0.2, 0.25) is 11.2 Å². The number of rotatable bonds is 5. The molecule has 0 saturated heterocycles. The molecule has 1 aromatic heterocycles. The van der Waals surface area contributed by atoms with Gasteiger partial charge in [-0.2, -0.15) is 15.0 Å². The van der Waals surface area contributed by atoms with Gasteiger partial charge in [0.05, 0.1) is 6.61 Å². The summed E-state index contributed by atoms with van der Waals surface area (Å²) in [5.41, 5.74) is 0. The number of nitrogens with one attached hydrogen (secondary N) is 1. The maximum atomic E-state index is 5.78. The summed E-state index contributed by atoms with van der Waals surface area (Å²) >= 11 is 5.78. The smallest absolute Gasteiger partial charge is 0.322 e. The van der Waals surface area contributed by atoms with Crippen molar-refractivity contribution in [3.63, 3.8) is 0 Å². The van der Waals surface area contributed by atoms with E-state index in [4.69, 9.17) is 16.3 Å². The molecule has 0 aliphatic heterocycles. The lowest BCUT2D eigenvalue weighted by Crippen LogP contribution is -2.10. The van der Waals surface area contributed by atoms with Gasteiger partial charge in [0.25, 0.3) is 0 Å². The molecule has 0 radical (unpaired) electrons. The number of hydrogen-bond donors (Lipinski definition) is 1. The van der Waals surface area contributed by atoms with Gasteiger partial charge in [-0.1, -0.05) is 13.3 Å². The largest absolute Gasteiger partial charge is 0.464 e. The fourth-order valence-electron chi connectivity index (χ4n) is 1.63. The molecule has 1 aliphatic rings. The number of halogens is 1. The molecule has 88 valence electrons. The van der Waals surface area contributed by atoms with Crippen LogP contribution in [0.4, 0.5) is 5.95 Å². The van der Waals surface area contributed by atoms with Crippen molar-refractivity contribution in [1.29, 1.82) is 0 Å². The maximum Gasteiger partial charge on any atom is 0.322 e. The Morgan fingerprint density at radius 1 is 1.38 bits per heavy atom. The Balaban J connectivity index is 2.03. The number of anilines is 1. The molecule has 0 aromatic carbocycles. The van der Waals surface area contributed by atoms with Crippen molar-refractivity contribution in [3.8, 4) is 6.01 Å². The lowest BCUT2D eigenvalue weighted by molar-refractivity contribution is 0.312. The monoisotopic (exact) mass is 242 g/mol. The molecular weight excluding hydrogens is 228 g/mol. The van der Waals surface area contributed by atoms with E-state index in [9.17, 15) is 0 Å². The summed E-state index contributed by atoms with van der Waals surface area (Å²) in [6, 6.07) is 0.747. The van der Waals surface area contributed by atoms with Crippen molar-refractivity contribution in [2.75, 3.05) is 11.9 Å². The predicted molar refractivity (Wildman–Crippen MR) is 61.8 cm³/mol. The summed E-state index contributed by atoms with van der Waals surface area (Å²) in [6.45, 7) is 4.57. The summed E-state index contributed by atoms with van der Waals surface area (Å²) in [5.74, 6) is 1.23. The molecule has 2 atom stereocenters. The summed E-state index contributed by atoms with van der Waals surface area (Å²) < 4.78 is 5.20. The van der Waals surface area contributed by atoms with Crippen LogP contribution in [-0.2, 0) is 0 Å². The highest BCUT2D eigenvalue weighted by Gasteiger charge is 2.35. The summed E-state index contributed by atoms with van der Waals surface area (Å²) in [4.78, 5) is 12.0. The number of aromatic nitrogens is 3. The molecule has 1 N–H and O–H groups in total. The van der Waals surface area contributed by atoms with Gasteiger partial charge in [0, 0.05) is 6.04 Å². The van der Waals surface area contributed by atoms with Crippen LogP contribution in [0.15, 0.2) is 0 Å². The first-order valence-corrected chi connectivity index (χ1v) is 5.91. The molecule has 16 heavy (non-hydrogen) atoms. The predicted octanol–water partition coefficient (Wildman–Crippen LogP) is 2.13. The second-order valence-corrected chi connectivity index (χ2v) is 4.14. The molecule has 1 aromatic rings. The van der Waals surface area contributed by atoms with E-state index >= 15 is 0 Å². The van der Waals surface area contributed by atoms with Crippen LogP contribution in [0, 0.1) is 5.92 Å². The van der Waals surface area contributed by atoms with Crippen LogP contribution in [0.1, 0.15) is 26.7 Å². The second-order valence-electron chi connectivity index (χ2n) is 3.80. The van der Waals surface area contributed by atoms with Gasteiger partial charge in [-0.15, -0.1) is 0 Å². The van der Waals surface area contributed by atoms with Gasteiger partial charge < -0.3 is 10.1 Å². The Bertz CT molecular complexity index is 374. The average Bonchev–Trinajstić information content (AvgIpc) is 2.96. The van der Waals surface area contributed by atoms with Crippen LogP contribution in [0.2, 0.25) is 5.28 Å². The molecular formula is C10H15ClN4O. The van der Waals surface area contributed by atoms with Crippen LogP contribution < -0.4 is 10.1 Å². The molecule has 2 unspecified atom stereocenters. The van der Waals surface area contributed by atoms with E-state index in [1.54, 1.807) is 0 Å². The van der Waals surface area contributed by atoms with Gasteiger partial charge in [-0.25, -0.2) is 0 Å². The number of nitrogens with zero attached hydrogens (tertiary/aromatic N) is 3. The molecule has 2 rings (SSSR count). The Hall–Kier alpha value is -1.10. The van der Waals surface area contributed by atoms with E-state index in [0.29, 0.717) is 18.6 Å². The summed E-state index contributed by atoms with van der Waals surface area (Å²) in [5, 5.41) is 3.39. The molecule has 1 fully saturated rings. The molecule has 1 aliphatic carbocycles. The van der Waals surface area contributed by atoms with Crippen LogP contribution in [-0.4, -0.2) is 27.6 Å². The van der Waals surface area contributed by atoms with E-state index < -0.39 is 0 Å². The molecule has 5 nitrogen and oxygen atoms in total. The van der Waals surface area contributed by atoms with E-state index in [1.807, 2.05) is 6.92 Å². The highest BCUT2D eigenvalue weighted by atomic mass is 35.5. The average molecular weight is 243 g/mol. The topological polar surface area (TPSA) is 59.9 Å². The second kappa shape index (κ2) is 4.82. The minimum absolute atomic E-state index is 0.162. The summed E-state index contributed by atoms with van der Waals surface area (Å²) in [7, 11) is 0. The van der Waals surface area contributed by atoms with Crippen LogP contribution in [0.3, 0.4) is 0 Å². The zero-order valence-corrected chi connectivity index (χ0v) is 10.2. The zero-order valence-electron chi connectivity index (χ0n) is 9.40. The van der Waals surface area contributed by atoms with Gasteiger partial charge >= 0.3 is 6.01 Å². The number of hydrogen-bond acceptors (Lipinski definition) is 5. The Morgan fingerprint density at radius 2 is 2.19 bits per heavy atom. The minimum atomic E-state index is 0.162. The van der Waals surface area contributed by atoms with Crippen LogP contribution in [0.25, 0.3) is 0 Å². The van der Waals surface area contributed by atoms with Crippen molar-refractivity contribution in [2.45, 2.75) is 32.7 Å². The van der Waals surface area contributed by atoms with E-state index in [1.165, 1.54) is 12.8 Å². The van der Waals surface area contributed by atoms with Crippen molar-refractivity contribution in [2.24, 2.45) is 5.92 Å². The quantitative estimate of drug-likeness (QED) is 0.857. The first-order valence-electron chi connectivity index (χ1n) is 5.53. The van der Waals surface area contributed by atoms with Gasteiger partial charge in [0.1, 0.15) is 0 Å². The molecule has 0 bridgehead atoms. The van der Waals surface area contributed by atoms with Crippen molar-refractivity contribution in [1.82, 2.24) is 15.0 Å². The standard InChI is InChI=1S/C10H15ClN4O/c1-3-6-5-7(6)12-9-13-8(11)14-10(15-9)16-4-2/h6-7H,3-5H2,1-2H3,(H,12,13,14,15). The Labute approximate surface area is 99.6 Å². The minimum Gasteiger partial charge on any atom is -0.464 e. The van der Waals surface area contributed by atoms with E-state index in [-0.39, 0.29) is 11.3 Å². The van der Waals surface area contributed by atoms with Crippen LogP contribution in [0.5, 0.6) is 6.01 Å². The first kappa shape index (κ1) is 11.4.